The molecular formula is C22H28N2O3. The zero-order valence-electron chi connectivity index (χ0n) is 16.1. The number of ether oxygens (including phenoxy) is 2. The Morgan fingerprint density at radius 2 is 1.78 bits per heavy atom. The highest BCUT2D eigenvalue weighted by Crippen LogP contribution is 2.20. The highest BCUT2D eigenvalue weighted by Gasteiger charge is 2.17. The summed E-state index contributed by atoms with van der Waals surface area (Å²) in [6.45, 7) is 5.53. The summed E-state index contributed by atoms with van der Waals surface area (Å²) in [7, 11) is 1.61. The van der Waals surface area contributed by atoms with Gasteiger partial charge in [0.2, 0.25) is 0 Å². The molecule has 0 spiro atoms. The van der Waals surface area contributed by atoms with Crippen molar-refractivity contribution in [3.63, 3.8) is 0 Å². The standard InChI is InChI=1S/C22H28N2O3/c1-17(27-21-11-7-10-20(14-21)26-2)22(25)23-15-18-8-3-4-9-19(18)16-24-12-5-6-13-24/h3-4,7-11,14,17H,5-6,12-13,15-16H2,1-2H3,(H,23,25). The van der Waals surface area contributed by atoms with E-state index in [9.17, 15) is 4.79 Å². The van der Waals surface area contributed by atoms with Crippen molar-refractivity contribution >= 4 is 5.91 Å². The minimum absolute atomic E-state index is 0.131. The van der Waals surface area contributed by atoms with Crippen LogP contribution in [0.1, 0.15) is 30.9 Å². The van der Waals surface area contributed by atoms with Gasteiger partial charge < -0.3 is 14.8 Å². The lowest BCUT2D eigenvalue weighted by Crippen LogP contribution is -2.36. The van der Waals surface area contributed by atoms with Gasteiger partial charge in [0.25, 0.3) is 5.91 Å². The van der Waals surface area contributed by atoms with Crippen LogP contribution < -0.4 is 14.8 Å². The van der Waals surface area contributed by atoms with E-state index in [2.05, 4.69) is 28.4 Å². The molecule has 1 atom stereocenters. The zero-order valence-corrected chi connectivity index (χ0v) is 16.1. The molecule has 0 radical (unpaired) electrons. The molecule has 1 aliphatic heterocycles. The number of carbonyl (C=O) groups excluding carboxylic acids is 1. The van der Waals surface area contributed by atoms with Crippen molar-refractivity contribution in [3.8, 4) is 11.5 Å². The summed E-state index contributed by atoms with van der Waals surface area (Å²) >= 11 is 0. The Bertz CT molecular complexity index is 757. The molecule has 27 heavy (non-hydrogen) atoms. The Morgan fingerprint density at radius 1 is 1.07 bits per heavy atom. The minimum Gasteiger partial charge on any atom is -0.497 e. The Kier molecular flexibility index (Phi) is 6.71. The third kappa shape index (κ3) is 5.47. The molecule has 0 aromatic heterocycles. The number of nitrogens with one attached hydrogen (secondary N) is 1. The van der Waals surface area contributed by atoms with Gasteiger partial charge in [-0.2, -0.15) is 0 Å². The van der Waals surface area contributed by atoms with Crippen molar-refractivity contribution in [2.45, 2.75) is 39.0 Å². The third-order valence-corrected chi connectivity index (χ3v) is 4.89. The van der Waals surface area contributed by atoms with E-state index in [0.717, 1.165) is 25.2 Å². The first-order chi connectivity index (χ1) is 13.2. The molecule has 1 heterocycles. The second-order valence-corrected chi connectivity index (χ2v) is 6.91. The molecule has 1 unspecified atom stereocenters. The van der Waals surface area contributed by atoms with E-state index in [0.29, 0.717) is 18.0 Å². The van der Waals surface area contributed by atoms with Gasteiger partial charge in [0.05, 0.1) is 7.11 Å². The minimum atomic E-state index is -0.581. The number of carbonyl (C=O) groups is 1. The molecule has 3 rings (SSSR count). The number of benzene rings is 2. The van der Waals surface area contributed by atoms with Gasteiger partial charge in [-0.3, -0.25) is 9.69 Å². The molecular weight excluding hydrogens is 340 g/mol. The smallest absolute Gasteiger partial charge is 0.261 e. The van der Waals surface area contributed by atoms with Crippen molar-refractivity contribution in [2.24, 2.45) is 0 Å². The van der Waals surface area contributed by atoms with E-state index >= 15 is 0 Å². The first kappa shape index (κ1) is 19.2. The van der Waals surface area contributed by atoms with Crippen LogP contribution in [0.4, 0.5) is 0 Å². The predicted molar refractivity (Wildman–Crippen MR) is 106 cm³/mol. The van der Waals surface area contributed by atoms with Crippen LogP contribution in [0.3, 0.4) is 0 Å². The van der Waals surface area contributed by atoms with Crippen LogP contribution in [-0.2, 0) is 17.9 Å². The fraction of sp³-hybridized carbons (Fsp3) is 0.409. The van der Waals surface area contributed by atoms with Crippen molar-refractivity contribution in [1.29, 1.82) is 0 Å². The van der Waals surface area contributed by atoms with Gasteiger partial charge in [-0.25, -0.2) is 0 Å². The van der Waals surface area contributed by atoms with Crippen LogP contribution in [0.15, 0.2) is 48.5 Å². The Hall–Kier alpha value is -2.53. The first-order valence-corrected chi connectivity index (χ1v) is 9.53. The van der Waals surface area contributed by atoms with E-state index in [4.69, 9.17) is 9.47 Å². The maximum absolute atomic E-state index is 12.5. The summed E-state index contributed by atoms with van der Waals surface area (Å²) in [5, 5.41) is 3.00. The first-order valence-electron chi connectivity index (χ1n) is 9.53. The molecule has 1 amide bonds. The summed E-state index contributed by atoms with van der Waals surface area (Å²) in [5.74, 6) is 1.19. The average molecular weight is 368 g/mol. The fourth-order valence-corrected chi connectivity index (χ4v) is 3.32. The van der Waals surface area contributed by atoms with Gasteiger partial charge in [0.15, 0.2) is 6.10 Å². The number of rotatable bonds is 8. The van der Waals surface area contributed by atoms with Gasteiger partial charge in [-0.15, -0.1) is 0 Å². The third-order valence-electron chi connectivity index (χ3n) is 4.89. The van der Waals surface area contributed by atoms with E-state index < -0.39 is 6.10 Å². The van der Waals surface area contributed by atoms with Crippen LogP contribution in [-0.4, -0.2) is 37.1 Å². The molecule has 2 aromatic carbocycles. The van der Waals surface area contributed by atoms with E-state index in [1.165, 1.54) is 18.4 Å². The van der Waals surface area contributed by atoms with Gasteiger partial charge in [-0.1, -0.05) is 30.3 Å². The molecule has 0 saturated carbocycles. The predicted octanol–water partition coefficient (Wildman–Crippen LogP) is 3.37. The average Bonchev–Trinajstić information content (AvgIpc) is 3.20. The van der Waals surface area contributed by atoms with Crippen LogP contribution in [0.2, 0.25) is 0 Å². The molecule has 5 nitrogen and oxygen atoms in total. The van der Waals surface area contributed by atoms with Crippen LogP contribution in [0.25, 0.3) is 0 Å². The van der Waals surface area contributed by atoms with Crippen LogP contribution in [0.5, 0.6) is 11.5 Å². The Balaban J connectivity index is 1.55. The summed E-state index contributed by atoms with van der Waals surface area (Å²) < 4.78 is 10.9. The topological polar surface area (TPSA) is 50.8 Å². The van der Waals surface area contributed by atoms with Crippen molar-refractivity contribution in [2.75, 3.05) is 20.2 Å². The SMILES string of the molecule is COc1cccc(OC(C)C(=O)NCc2ccccc2CN2CCCC2)c1. The summed E-state index contributed by atoms with van der Waals surface area (Å²) in [6.07, 6.45) is 1.97. The largest absolute Gasteiger partial charge is 0.497 e. The summed E-state index contributed by atoms with van der Waals surface area (Å²) in [4.78, 5) is 14.9. The lowest BCUT2D eigenvalue weighted by atomic mass is 10.1. The quantitative estimate of drug-likeness (QED) is 0.776. The molecule has 0 bridgehead atoms. The molecule has 2 aromatic rings. The van der Waals surface area contributed by atoms with Gasteiger partial charge in [0.1, 0.15) is 11.5 Å². The molecule has 5 heteroatoms. The number of nitrogens with zero attached hydrogens (tertiary/aromatic N) is 1. The van der Waals surface area contributed by atoms with Crippen LogP contribution >= 0.6 is 0 Å². The van der Waals surface area contributed by atoms with Crippen molar-refractivity contribution < 1.29 is 14.3 Å². The summed E-state index contributed by atoms with van der Waals surface area (Å²) in [5.41, 5.74) is 2.44. The number of methoxy groups -OCH3 is 1. The van der Waals surface area contributed by atoms with Gasteiger partial charge in [-0.05, 0) is 56.1 Å². The van der Waals surface area contributed by atoms with Crippen LogP contribution in [0, 0.1) is 0 Å². The van der Waals surface area contributed by atoms with E-state index in [1.54, 1.807) is 20.1 Å². The molecule has 1 aliphatic rings. The second-order valence-electron chi connectivity index (χ2n) is 6.91. The molecule has 144 valence electrons. The highest BCUT2D eigenvalue weighted by molar-refractivity contribution is 5.80. The van der Waals surface area contributed by atoms with Crippen molar-refractivity contribution in [3.05, 3.63) is 59.7 Å². The Morgan fingerprint density at radius 3 is 2.52 bits per heavy atom. The molecule has 1 saturated heterocycles. The number of amides is 1. The van der Waals surface area contributed by atoms with E-state index in [1.807, 2.05) is 24.3 Å². The Labute approximate surface area is 161 Å². The molecule has 1 fully saturated rings. The zero-order chi connectivity index (χ0) is 19.1. The van der Waals surface area contributed by atoms with E-state index in [-0.39, 0.29) is 5.91 Å². The second kappa shape index (κ2) is 9.42. The number of hydrogen-bond acceptors (Lipinski definition) is 4. The van der Waals surface area contributed by atoms with Crippen molar-refractivity contribution in [1.82, 2.24) is 10.2 Å². The lowest BCUT2D eigenvalue weighted by molar-refractivity contribution is -0.127. The normalized spacial score (nSPS) is 15.3. The lowest BCUT2D eigenvalue weighted by Gasteiger charge is -2.19. The maximum Gasteiger partial charge on any atom is 0.261 e. The number of likely N-dealkylation sites (tertiary alicyclic amines) is 1. The highest BCUT2D eigenvalue weighted by atomic mass is 16.5. The number of hydrogen-bond donors (Lipinski definition) is 1. The fourth-order valence-electron chi connectivity index (χ4n) is 3.32. The molecule has 1 N–H and O–H groups in total. The molecule has 0 aliphatic carbocycles. The summed E-state index contributed by atoms with van der Waals surface area (Å²) in [6, 6.07) is 15.6. The maximum atomic E-state index is 12.5. The van der Waals surface area contributed by atoms with Gasteiger partial charge >= 0.3 is 0 Å². The van der Waals surface area contributed by atoms with Gasteiger partial charge in [0, 0.05) is 19.2 Å². The monoisotopic (exact) mass is 368 g/mol.